The summed E-state index contributed by atoms with van der Waals surface area (Å²) in [6.45, 7) is 5.22. The van der Waals surface area contributed by atoms with E-state index in [1.165, 1.54) is 5.56 Å². The highest BCUT2D eigenvalue weighted by molar-refractivity contribution is 6.29. The first-order chi connectivity index (χ1) is 10.2. The van der Waals surface area contributed by atoms with Gasteiger partial charge < -0.3 is 15.0 Å². The van der Waals surface area contributed by atoms with Gasteiger partial charge in [-0.1, -0.05) is 29.3 Å². The van der Waals surface area contributed by atoms with Crippen LogP contribution in [0.15, 0.2) is 36.4 Å². The van der Waals surface area contributed by atoms with Gasteiger partial charge >= 0.3 is 0 Å². The Morgan fingerprint density at radius 1 is 1.10 bits per heavy atom. The van der Waals surface area contributed by atoms with Crippen molar-refractivity contribution in [1.82, 2.24) is 4.98 Å². The van der Waals surface area contributed by atoms with Crippen molar-refractivity contribution in [2.75, 3.05) is 36.5 Å². The lowest BCUT2D eigenvalue weighted by molar-refractivity contribution is 0.122. The van der Waals surface area contributed by atoms with Gasteiger partial charge in [-0.3, -0.25) is 0 Å². The Bertz CT molecular complexity index is 609. The molecule has 0 radical (unpaired) electrons. The van der Waals surface area contributed by atoms with Gasteiger partial charge in [0.1, 0.15) is 11.0 Å². The van der Waals surface area contributed by atoms with E-state index in [0.29, 0.717) is 5.15 Å². The van der Waals surface area contributed by atoms with Crippen molar-refractivity contribution in [3.8, 4) is 0 Å². The van der Waals surface area contributed by atoms with E-state index >= 15 is 0 Å². The number of halogens is 1. The van der Waals surface area contributed by atoms with Gasteiger partial charge in [0.15, 0.2) is 0 Å². The van der Waals surface area contributed by atoms with Crippen LogP contribution in [-0.4, -0.2) is 31.3 Å². The maximum absolute atomic E-state index is 6.15. The Kier molecular flexibility index (Phi) is 4.27. The molecule has 0 bridgehead atoms. The minimum absolute atomic E-state index is 0.494. The fraction of sp³-hybridized carbons (Fsp3) is 0.312. The monoisotopic (exact) mass is 303 g/mol. The van der Waals surface area contributed by atoms with Gasteiger partial charge in [-0.25, -0.2) is 4.98 Å². The van der Waals surface area contributed by atoms with Crippen molar-refractivity contribution in [2.24, 2.45) is 0 Å². The minimum atomic E-state index is 0.494. The van der Waals surface area contributed by atoms with Crippen LogP contribution in [0.4, 0.5) is 17.2 Å². The molecule has 0 spiro atoms. The quantitative estimate of drug-likeness (QED) is 0.879. The molecular formula is C16H18ClN3O. The van der Waals surface area contributed by atoms with Crippen molar-refractivity contribution in [1.29, 1.82) is 0 Å². The Balaban J connectivity index is 1.81. The van der Waals surface area contributed by atoms with Crippen LogP contribution in [0.5, 0.6) is 0 Å². The molecule has 0 aliphatic carbocycles. The Hall–Kier alpha value is -1.78. The maximum atomic E-state index is 6.15. The number of hydrogen-bond donors (Lipinski definition) is 1. The van der Waals surface area contributed by atoms with E-state index < -0.39 is 0 Å². The van der Waals surface area contributed by atoms with Gasteiger partial charge in [0.25, 0.3) is 0 Å². The molecule has 1 fully saturated rings. The van der Waals surface area contributed by atoms with E-state index in [-0.39, 0.29) is 0 Å². The summed E-state index contributed by atoms with van der Waals surface area (Å²) in [4.78, 5) is 6.60. The third kappa shape index (κ3) is 3.65. The van der Waals surface area contributed by atoms with E-state index in [2.05, 4.69) is 46.4 Å². The highest BCUT2D eigenvalue weighted by Crippen LogP contribution is 2.25. The number of pyridine rings is 1. The predicted octanol–water partition coefficient (Wildman–Crippen LogP) is 3.62. The van der Waals surface area contributed by atoms with Crippen LogP contribution < -0.4 is 10.2 Å². The van der Waals surface area contributed by atoms with Crippen LogP contribution in [0.25, 0.3) is 0 Å². The summed E-state index contributed by atoms with van der Waals surface area (Å²) in [5.41, 5.74) is 3.22. The maximum Gasteiger partial charge on any atom is 0.133 e. The van der Waals surface area contributed by atoms with E-state index in [9.17, 15) is 0 Å². The number of nitrogens with zero attached hydrogens (tertiary/aromatic N) is 2. The second kappa shape index (κ2) is 6.33. The minimum Gasteiger partial charge on any atom is -0.378 e. The SMILES string of the molecule is Cc1ccc(Nc2cc(Cl)nc(N3CCOCC3)c2)cc1. The zero-order valence-electron chi connectivity index (χ0n) is 12.0. The first-order valence-corrected chi connectivity index (χ1v) is 7.42. The molecule has 110 valence electrons. The van der Waals surface area contributed by atoms with Gasteiger partial charge in [0.2, 0.25) is 0 Å². The topological polar surface area (TPSA) is 37.4 Å². The highest BCUT2D eigenvalue weighted by atomic mass is 35.5. The summed E-state index contributed by atoms with van der Waals surface area (Å²) in [5.74, 6) is 0.889. The van der Waals surface area contributed by atoms with Gasteiger partial charge in [-0.15, -0.1) is 0 Å². The smallest absolute Gasteiger partial charge is 0.133 e. The summed E-state index contributed by atoms with van der Waals surface area (Å²) in [5, 5.41) is 3.86. The molecule has 2 heterocycles. The van der Waals surface area contributed by atoms with Gasteiger partial charge in [-0.05, 0) is 25.1 Å². The summed E-state index contributed by atoms with van der Waals surface area (Å²) in [6, 6.07) is 12.1. The molecule has 2 aromatic rings. The number of benzene rings is 1. The molecule has 1 aromatic heterocycles. The number of aromatic nitrogens is 1. The molecule has 0 unspecified atom stereocenters. The first kappa shape index (κ1) is 14.2. The lowest BCUT2D eigenvalue weighted by atomic mass is 10.2. The van der Waals surface area contributed by atoms with Crippen molar-refractivity contribution in [3.63, 3.8) is 0 Å². The van der Waals surface area contributed by atoms with Gasteiger partial charge in [-0.2, -0.15) is 0 Å². The molecule has 21 heavy (non-hydrogen) atoms. The van der Waals surface area contributed by atoms with Crippen molar-refractivity contribution < 1.29 is 4.74 Å². The molecule has 1 saturated heterocycles. The zero-order valence-corrected chi connectivity index (χ0v) is 12.7. The van der Waals surface area contributed by atoms with Crippen LogP contribution in [-0.2, 0) is 4.74 Å². The van der Waals surface area contributed by atoms with Gasteiger partial charge in [0.05, 0.1) is 13.2 Å². The average Bonchev–Trinajstić information content (AvgIpc) is 2.50. The van der Waals surface area contributed by atoms with E-state index in [0.717, 1.165) is 43.5 Å². The molecule has 1 N–H and O–H groups in total. The van der Waals surface area contributed by atoms with Crippen LogP contribution in [0, 0.1) is 6.92 Å². The summed E-state index contributed by atoms with van der Waals surface area (Å²) < 4.78 is 5.37. The number of rotatable bonds is 3. The Morgan fingerprint density at radius 3 is 2.52 bits per heavy atom. The molecular weight excluding hydrogens is 286 g/mol. The van der Waals surface area contributed by atoms with Crippen LogP contribution in [0.2, 0.25) is 5.15 Å². The Morgan fingerprint density at radius 2 is 1.81 bits per heavy atom. The molecule has 4 nitrogen and oxygen atoms in total. The first-order valence-electron chi connectivity index (χ1n) is 7.05. The van der Waals surface area contributed by atoms with Crippen LogP contribution in [0.3, 0.4) is 0 Å². The number of nitrogens with one attached hydrogen (secondary N) is 1. The fourth-order valence-electron chi connectivity index (χ4n) is 2.31. The third-order valence-corrected chi connectivity index (χ3v) is 3.65. The van der Waals surface area contributed by atoms with Crippen molar-refractivity contribution in [2.45, 2.75) is 6.92 Å². The summed E-state index contributed by atoms with van der Waals surface area (Å²) >= 11 is 6.15. The van der Waals surface area contributed by atoms with E-state index in [1.54, 1.807) is 0 Å². The zero-order chi connectivity index (χ0) is 14.7. The van der Waals surface area contributed by atoms with Gasteiger partial charge in [0, 0.05) is 30.5 Å². The number of aryl methyl sites for hydroxylation is 1. The second-order valence-electron chi connectivity index (χ2n) is 5.13. The largest absolute Gasteiger partial charge is 0.378 e. The summed E-state index contributed by atoms with van der Waals surface area (Å²) in [6.07, 6.45) is 0. The number of anilines is 3. The van der Waals surface area contributed by atoms with Crippen LogP contribution >= 0.6 is 11.6 Å². The number of ether oxygens (including phenoxy) is 1. The molecule has 0 atom stereocenters. The molecule has 1 aliphatic heterocycles. The van der Waals surface area contributed by atoms with Crippen LogP contribution in [0.1, 0.15) is 5.56 Å². The predicted molar refractivity (Wildman–Crippen MR) is 86.7 cm³/mol. The summed E-state index contributed by atoms with van der Waals surface area (Å²) in [7, 11) is 0. The number of morpholine rings is 1. The van der Waals surface area contributed by atoms with E-state index in [1.807, 2.05) is 12.1 Å². The van der Waals surface area contributed by atoms with Crippen molar-refractivity contribution in [3.05, 3.63) is 47.1 Å². The molecule has 0 saturated carbocycles. The molecule has 0 amide bonds. The standard InChI is InChI=1S/C16H18ClN3O/c1-12-2-4-13(5-3-12)18-14-10-15(17)19-16(11-14)20-6-8-21-9-7-20/h2-5,10-11H,6-9H2,1H3,(H,18,19). The normalized spacial score (nSPS) is 15.0. The average molecular weight is 304 g/mol. The van der Waals surface area contributed by atoms with Crippen molar-refractivity contribution >= 4 is 28.8 Å². The molecule has 1 aliphatic rings. The molecule has 1 aromatic carbocycles. The highest BCUT2D eigenvalue weighted by Gasteiger charge is 2.13. The third-order valence-electron chi connectivity index (χ3n) is 3.46. The lowest BCUT2D eigenvalue weighted by Crippen LogP contribution is -2.36. The molecule has 3 rings (SSSR count). The van der Waals surface area contributed by atoms with E-state index in [4.69, 9.17) is 16.3 Å². The lowest BCUT2D eigenvalue weighted by Gasteiger charge is -2.28. The second-order valence-corrected chi connectivity index (χ2v) is 5.51. The fourth-order valence-corrected chi connectivity index (χ4v) is 2.52. The number of hydrogen-bond acceptors (Lipinski definition) is 4. The molecule has 5 heteroatoms. The Labute approximate surface area is 129 Å².